The number of aliphatic hydroxyl groups is 1. The Balaban J connectivity index is 2.17. The highest BCUT2D eigenvalue weighted by molar-refractivity contribution is 4.69. The molecule has 14 heavy (non-hydrogen) atoms. The van der Waals surface area contributed by atoms with Gasteiger partial charge in [0.2, 0.25) is 0 Å². The fourth-order valence-electron chi connectivity index (χ4n) is 1.83. The van der Waals surface area contributed by atoms with Gasteiger partial charge < -0.3 is 14.9 Å². The molecule has 0 amide bonds. The van der Waals surface area contributed by atoms with Crippen molar-refractivity contribution in [2.75, 3.05) is 39.8 Å². The van der Waals surface area contributed by atoms with E-state index in [1.807, 2.05) is 0 Å². The second kappa shape index (κ2) is 6.38. The Morgan fingerprint density at radius 3 is 2.86 bits per heavy atom. The van der Waals surface area contributed by atoms with Crippen LogP contribution in [-0.4, -0.2) is 60.8 Å². The van der Waals surface area contributed by atoms with Gasteiger partial charge in [0.25, 0.3) is 0 Å². The number of rotatable bonds is 4. The predicted octanol–water partition coefficient (Wildman–Crippen LogP) is 0.785. The lowest BCUT2D eigenvalue weighted by atomic mass is 10.2. The second-order valence-electron chi connectivity index (χ2n) is 4.32. The summed E-state index contributed by atoms with van der Waals surface area (Å²) < 4.78 is 0. The summed E-state index contributed by atoms with van der Waals surface area (Å²) in [5.41, 5.74) is 0. The topological polar surface area (TPSA) is 26.7 Å². The van der Waals surface area contributed by atoms with Crippen LogP contribution in [0.25, 0.3) is 0 Å². The molecule has 1 saturated heterocycles. The minimum Gasteiger partial charge on any atom is -0.393 e. The van der Waals surface area contributed by atoms with Crippen LogP contribution in [0.5, 0.6) is 0 Å². The van der Waals surface area contributed by atoms with Gasteiger partial charge in [-0.2, -0.15) is 0 Å². The third-order valence-corrected chi connectivity index (χ3v) is 3.13. The molecule has 0 radical (unpaired) electrons. The Morgan fingerprint density at radius 2 is 2.14 bits per heavy atom. The molecule has 3 nitrogen and oxygen atoms in total. The lowest BCUT2D eigenvalue weighted by Gasteiger charge is -2.23. The van der Waals surface area contributed by atoms with E-state index in [0.717, 1.165) is 52.0 Å². The molecule has 84 valence electrons. The maximum atomic E-state index is 9.49. The first kappa shape index (κ1) is 12.0. The summed E-state index contributed by atoms with van der Waals surface area (Å²) >= 11 is 0. The van der Waals surface area contributed by atoms with E-state index in [9.17, 15) is 5.11 Å². The number of hydrogen-bond donors (Lipinski definition) is 1. The van der Waals surface area contributed by atoms with Crippen molar-refractivity contribution in [2.24, 2.45) is 0 Å². The molecule has 1 N–H and O–H groups in total. The number of likely N-dealkylation sites (N-methyl/N-ethyl adjacent to an activating group) is 1. The molecule has 1 fully saturated rings. The molecular weight excluding hydrogens is 176 g/mol. The highest BCUT2D eigenvalue weighted by Crippen LogP contribution is 2.10. The lowest BCUT2D eigenvalue weighted by Crippen LogP contribution is -2.34. The third-order valence-electron chi connectivity index (χ3n) is 3.13. The van der Waals surface area contributed by atoms with Crippen LogP contribution < -0.4 is 0 Å². The van der Waals surface area contributed by atoms with Gasteiger partial charge in [0.1, 0.15) is 0 Å². The lowest BCUT2D eigenvalue weighted by molar-refractivity contribution is 0.153. The van der Waals surface area contributed by atoms with Crippen LogP contribution in [0.1, 0.15) is 26.2 Å². The van der Waals surface area contributed by atoms with Gasteiger partial charge in [-0.15, -0.1) is 0 Å². The summed E-state index contributed by atoms with van der Waals surface area (Å²) in [6, 6.07) is 0. The van der Waals surface area contributed by atoms with Gasteiger partial charge in [-0.3, -0.25) is 0 Å². The van der Waals surface area contributed by atoms with Gasteiger partial charge in [-0.1, -0.05) is 6.92 Å². The average molecular weight is 200 g/mol. The van der Waals surface area contributed by atoms with E-state index in [1.165, 1.54) is 0 Å². The smallest absolute Gasteiger partial charge is 0.0553 e. The Bertz CT molecular complexity index is 152. The Hall–Kier alpha value is -0.120. The zero-order valence-corrected chi connectivity index (χ0v) is 9.58. The van der Waals surface area contributed by atoms with Crippen LogP contribution >= 0.6 is 0 Å². The van der Waals surface area contributed by atoms with Gasteiger partial charge in [0, 0.05) is 19.6 Å². The first-order valence-electron chi connectivity index (χ1n) is 5.81. The van der Waals surface area contributed by atoms with E-state index >= 15 is 0 Å². The summed E-state index contributed by atoms with van der Waals surface area (Å²) in [7, 11) is 2.16. The van der Waals surface area contributed by atoms with Crippen molar-refractivity contribution in [3.63, 3.8) is 0 Å². The molecule has 0 bridgehead atoms. The van der Waals surface area contributed by atoms with E-state index in [1.54, 1.807) is 0 Å². The number of likely N-dealkylation sites (tertiary alicyclic amines) is 1. The van der Waals surface area contributed by atoms with E-state index in [4.69, 9.17) is 0 Å². The molecule has 1 atom stereocenters. The summed E-state index contributed by atoms with van der Waals surface area (Å²) in [5, 5.41) is 9.49. The van der Waals surface area contributed by atoms with Crippen molar-refractivity contribution < 1.29 is 5.11 Å². The van der Waals surface area contributed by atoms with Crippen LogP contribution in [0.3, 0.4) is 0 Å². The molecule has 0 saturated carbocycles. The zero-order chi connectivity index (χ0) is 10.4. The number of aliphatic hydroxyl groups excluding tert-OH is 1. The van der Waals surface area contributed by atoms with Crippen molar-refractivity contribution in [3.05, 3.63) is 0 Å². The van der Waals surface area contributed by atoms with Crippen LogP contribution in [0, 0.1) is 0 Å². The largest absolute Gasteiger partial charge is 0.393 e. The highest BCUT2D eigenvalue weighted by atomic mass is 16.3. The van der Waals surface area contributed by atoms with Gasteiger partial charge in [0.15, 0.2) is 0 Å². The SMILES string of the molecule is CCN(C)CCN1CCCC(O)CC1. The maximum Gasteiger partial charge on any atom is 0.0553 e. The van der Waals surface area contributed by atoms with E-state index < -0.39 is 0 Å². The van der Waals surface area contributed by atoms with Crippen molar-refractivity contribution in [1.82, 2.24) is 9.80 Å². The molecule has 0 aromatic heterocycles. The van der Waals surface area contributed by atoms with Crippen molar-refractivity contribution in [3.8, 4) is 0 Å². The van der Waals surface area contributed by atoms with Crippen molar-refractivity contribution in [1.29, 1.82) is 0 Å². The predicted molar refractivity (Wildman–Crippen MR) is 59.5 cm³/mol. The molecular formula is C11H24N2O. The van der Waals surface area contributed by atoms with Crippen LogP contribution in [0.2, 0.25) is 0 Å². The molecule has 1 aliphatic rings. The number of nitrogens with zero attached hydrogens (tertiary/aromatic N) is 2. The minimum atomic E-state index is -0.0519. The Kier molecular flexibility index (Phi) is 5.45. The molecule has 1 unspecified atom stereocenters. The molecule has 0 aromatic carbocycles. The molecule has 0 aliphatic carbocycles. The normalized spacial score (nSPS) is 25.3. The monoisotopic (exact) mass is 200 g/mol. The van der Waals surface area contributed by atoms with Gasteiger partial charge in [-0.25, -0.2) is 0 Å². The average Bonchev–Trinajstić information content (AvgIpc) is 2.39. The third kappa shape index (κ3) is 4.40. The summed E-state index contributed by atoms with van der Waals surface area (Å²) in [4.78, 5) is 4.81. The van der Waals surface area contributed by atoms with Gasteiger partial charge in [0.05, 0.1) is 6.10 Å². The Labute approximate surface area is 87.7 Å². The molecule has 1 rings (SSSR count). The highest BCUT2D eigenvalue weighted by Gasteiger charge is 2.14. The van der Waals surface area contributed by atoms with Crippen molar-refractivity contribution in [2.45, 2.75) is 32.3 Å². The minimum absolute atomic E-state index is 0.0519. The second-order valence-corrected chi connectivity index (χ2v) is 4.32. The quantitative estimate of drug-likeness (QED) is 0.726. The van der Waals surface area contributed by atoms with Crippen LogP contribution in [0.4, 0.5) is 0 Å². The maximum absolute atomic E-state index is 9.49. The standard InChI is InChI=1S/C11H24N2O/c1-3-12(2)9-10-13-7-4-5-11(14)6-8-13/h11,14H,3-10H2,1-2H3. The molecule has 1 aliphatic heterocycles. The van der Waals surface area contributed by atoms with E-state index in [-0.39, 0.29) is 6.10 Å². The first-order valence-corrected chi connectivity index (χ1v) is 5.81. The fraction of sp³-hybridized carbons (Fsp3) is 1.00. The summed E-state index contributed by atoms with van der Waals surface area (Å²) in [5.74, 6) is 0. The van der Waals surface area contributed by atoms with Crippen LogP contribution in [0.15, 0.2) is 0 Å². The van der Waals surface area contributed by atoms with Crippen molar-refractivity contribution >= 4 is 0 Å². The Morgan fingerprint density at radius 1 is 1.36 bits per heavy atom. The molecule has 0 aromatic rings. The summed E-state index contributed by atoms with van der Waals surface area (Å²) in [6.07, 6.45) is 3.04. The molecule has 3 heteroatoms. The van der Waals surface area contributed by atoms with Gasteiger partial charge >= 0.3 is 0 Å². The van der Waals surface area contributed by atoms with Crippen LogP contribution in [-0.2, 0) is 0 Å². The molecule has 0 spiro atoms. The zero-order valence-electron chi connectivity index (χ0n) is 9.58. The first-order chi connectivity index (χ1) is 6.72. The van der Waals surface area contributed by atoms with E-state index in [2.05, 4.69) is 23.8 Å². The fourth-order valence-corrected chi connectivity index (χ4v) is 1.83. The summed E-state index contributed by atoms with van der Waals surface area (Å²) in [6.45, 7) is 7.83. The van der Waals surface area contributed by atoms with E-state index in [0.29, 0.717) is 0 Å². The number of hydrogen-bond acceptors (Lipinski definition) is 3. The van der Waals surface area contributed by atoms with Gasteiger partial charge in [-0.05, 0) is 39.4 Å². The molecule has 1 heterocycles.